The molecule has 1 saturated heterocycles. The lowest BCUT2D eigenvalue weighted by atomic mass is 10.1. The van der Waals surface area contributed by atoms with Crippen molar-refractivity contribution in [2.75, 3.05) is 32.1 Å². The van der Waals surface area contributed by atoms with Crippen LogP contribution < -0.4 is 4.90 Å². The highest BCUT2D eigenvalue weighted by atomic mass is 32.2. The minimum Gasteiger partial charge on any atom is -0.372 e. The standard InChI is InChI=1S/C22H26N2O3S/c1-23(2)28(26,27)21-13-9-19(10-14-21)22(25)15-8-18-6-11-20(12-7-18)24-16-4-3-5-17-24/h6-15H,3-5,16-17H2,1-2H3/b15-8+. The molecule has 0 bridgehead atoms. The number of carbonyl (C=O) groups excluding carboxylic acids is 1. The summed E-state index contributed by atoms with van der Waals surface area (Å²) in [5, 5.41) is 0. The third-order valence-corrected chi connectivity index (χ3v) is 6.79. The van der Waals surface area contributed by atoms with Gasteiger partial charge in [-0.1, -0.05) is 18.2 Å². The van der Waals surface area contributed by atoms with Crippen LogP contribution in [0, 0.1) is 0 Å². The van der Waals surface area contributed by atoms with Gasteiger partial charge in [-0.15, -0.1) is 0 Å². The predicted octanol–water partition coefficient (Wildman–Crippen LogP) is 3.82. The van der Waals surface area contributed by atoms with Gasteiger partial charge in [0.15, 0.2) is 5.78 Å². The quantitative estimate of drug-likeness (QED) is 0.548. The lowest BCUT2D eigenvalue weighted by Crippen LogP contribution is -2.29. The molecule has 3 rings (SSSR count). The summed E-state index contributed by atoms with van der Waals surface area (Å²) in [5.74, 6) is -0.158. The van der Waals surface area contributed by atoms with E-state index in [1.165, 1.54) is 57.3 Å². The molecule has 0 unspecified atom stereocenters. The molecule has 6 heteroatoms. The number of benzene rings is 2. The SMILES string of the molecule is CN(C)S(=O)(=O)c1ccc(C(=O)/C=C/c2ccc(N3CCCCC3)cc2)cc1. The molecule has 0 amide bonds. The van der Waals surface area contributed by atoms with Crippen LogP contribution in [-0.2, 0) is 10.0 Å². The lowest BCUT2D eigenvalue weighted by Gasteiger charge is -2.28. The maximum Gasteiger partial charge on any atom is 0.242 e. The molecule has 1 aliphatic heterocycles. The van der Waals surface area contributed by atoms with Gasteiger partial charge in [-0.3, -0.25) is 4.79 Å². The topological polar surface area (TPSA) is 57.7 Å². The van der Waals surface area contributed by atoms with Gasteiger partial charge in [0.2, 0.25) is 10.0 Å². The summed E-state index contributed by atoms with van der Waals surface area (Å²) in [6, 6.07) is 14.2. The second-order valence-electron chi connectivity index (χ2n) is 7.15. The van der Waals surface area contributed by atoms with E-state index in [1.807, 2.05) is 12.1 Å². The molecular formula is C22H26N2O3S. The monoisotopic (exact) mass is 398 g/mol. The van der Waals surface area contributed by atoms with Crippen molar-refractivity contribution in [2.24, 2.45) is 0 Å². The number of sulfonamides is 1. The largest absolute Gasteiger partial charge is 0.372 e. The van der Waals surface area contributed by atoms with Crippen molar-refractivity contribution in [3.05, 3.63) is 65.7 Å². The van der Waals surface area contributed by atoms with E-state index in [4.69, 9.17) is 0 Å². The molecule has 0 aliphatic carbocycles. The number of anilines is 1. The summed E-state index contributed by atoms with van der Waals surface area (Å²) < 4.78 is 25.3. The number of hydrogen-bond donors (Lipinski definition) is 0. The Morgan fingerprint density at radius 2 is 1.54 bits per heavy atom. The Morgan fingerprint density at radius 3 is 2.11 bits per heavy atom. The van der Waals surface area contributed by atoms with Gasteiger partial charge in [-0.05, 0) is 67.3 Å². The fourth-order valence-corrected chi connectivity index (χ4v) is 4.12. The van der Waals surface area contributed by atoms with E-state index < -0.39 is 10.0 Å². The van der Waals surface area contributed by atoms with Crippen molar-refractivity contribution in [2.45, 2.75) is 24.2 Å². The van der Waals surface area contributed by atoms with Crippen molar-refractivity contribution in [1.29, 1.82) is 0 Å². The molecule has 0 saturated carbocycles. The molecule has 1 heterocycles. The van der Waals surface area contributed by atoms with Crippen molar-refractivity contribution < 1.29 is 13.2 Å². The molecule has 0 atom stereocenters. The summed E-state index contributed by atoms with van der Waals surface area (Å²) in [5.41, 5.74) is 2.64. The molecule has 0 N–H and O–H groups in total. The van der Waals surface area contributed by atoms with Crippen LogP contribution in [0.25, 0.3) is 6.08 Å². The van der Waals surface area contributed by atoms with Crippen molar-refractivity contribution in [3.8, 4) is 0 Å². The molecule has 2 aromatic rings. The van der Waals surface area contributed by atoms with E-state index >= 15 is 0 Å². The Morgan fingerprint density at radius 1 is 0.929 bits per heavy atom. The number of carbonyl (C=O) groups is 1. The Balaban J connectivity index is 1.66. The van der Waals surface area contributed by atoms with E-state index in [-0.39, 0.29) is 10.7 Å². The van der Waals surface area contributed by atoms with Gasteiger partial charge in [0.1, 0.15) is 0 Å². The van der Waals surface area contributed by atoms with Crippen molar-refractivity contribution in [3.63, 3.8) is 0 Å². The first-order valence-corrected chi connectivity index (χ1v) is 10.9. The van der Waals surface area contributed by atoms with Crippen molar-refractivity contribution >= 4 is 27.6 Å². The molecule has 0 aromatic heterocycles. The maximum atomic E-state index is 12.4. The van der Waals surface area contributed by atoms with Gasteiger partial charge in [-0.2, -0.15) is 0 Å². The summed E-state index contributed by atoms with van der Waals surface area (Å²) in [4.78, 5) is 14.9. The van der Waals surface area contributed by atoms with Crippen LogP contribution >= 0.6 is 0 Å². The van der Waals surface area contributed by atoms with Crippen LogP contribution in [0.5, 0.6) is 0 Å². The van der Waals surface area contributed by atoms with E-state index in [1.54, 1.807) is 18.2 Å². The average molecular weight is 399 g/mol. The van der Waals surface area contributed by atoms with E-state index in [0.717, 1.165) is 23.0 Å². The Labute approximate surface area is 167 Å². The highest BCUT2D eigenvalue weighted by Gasteiger charge is 2.17. The molecule has 0 radical (unpaired) electrons. The molecular weight excluding hydrogens is 372 g/mol. The van der Waals surface area contributed by atoms with E-state index in [9.17, 15) is 13.2 Å². The fraction of sp³-hybridized carbons (Fsp3) is 0.318. The van der Waals surface area contributed by atoms with Gasteiger partial charge in [0, 0.05) is 38.4 Å². The van der Waals surface area contributed by atoms with E-state index in [2.05, 4.69) is 17.0 Å². The van der Waals surface area contributed by atoms with Crippen LogP contribution in [0.3, 0.4) is 0 Å². The third kappa shape index (κ3) is 4.69. The van der Waals surface area contributed by atoms with Gasteiger partial charge in [-0.25, -0.2) is 12.7 Å². The zero-order chi connectivity index (χ0) is 20.1. The third-order valence-electron chi connectivity index (χ3n) is 4.96. The molecule has 28 heavy (non-hydrogen) atoms. The highest BCUT2D eigenvalue weighted by molar-refractivity contribution is 7.89. The van der Waals surface area contributed by atoms with Crippen LogP contribution in [0.4, 0.5) is 5.69 Å². The zero-order valence-electron chi connectivity index (χ0n) is 16.3. The number of rotatable bonds is 6. The van der Waals surface area contributed by atoms with Crippen LogP contribution in [-0.4, -0.2) is 45.7 Å². The Hall–Kier alpha value is -2.44. The normalized spacial score (nSPS) is 15.3. The first-order chi connectivity index (χ1) is 13.4. The smallest absolute Gasteiger partial charge is 0.242 e. The number of piperidine rings is 1. The second kappa shape index (κ2) is 8.71. The van der Waals surface area contributed by atoms with Gasteiger partial charge < -0.3 is 4.90 Å². The van der Waals surface area contributed by atoms with Gasteiger partial charge in [0.25, 0.3) is 0 Å². The second-order valence-corrected chi connectivity index (χ2v) is 9.30. The highest BCUT2D eigenvalue weighted by Crippen LogP contribution is 2.21. The summed E-state index contributed by atoms with van der Waals surface area (Å²) >= 11 is 0. The molecule has 1 aliphatic rings. The summed E-state index contributed by atoms with van der Waals surface area (Å²) in [6.07, 6.45) is 7.09. The minimum atomic E-state index is -3.49. The lowest BCUT2D eigenvalue weighted by molar-refractivity contribution is 0.104. The maximum absolute atomic E-state index is 12.4. The number of ketones is 1. The molecule has 0 spiro atoms. The van der Waals surface area contributed by atoms with Crippen LogP contribution in [0.15, 0.2) is 59.5 Å². The van der Waals surface area contributed by atoms with E-state index in [0.29, 0.717) is 5.56 Å². The average Bonchev–Trinajstić information content (AvgIpc) is 2.73. The molecule has 5 nitrogen and oxygen atoms in total. The van der Waals surface area contributed by atoms with Gasteiger partial charge >= 0.3 is 0 Å². The Bertz CT molecular complexity index is 940. The van der Waals surface area contributed by atoms with Crippen molar-refractivity contribution in [1.82, 2.24) is 4.31 Å². The summed E-state index contributed by atoms with van der Waals surface area (Å²) in [7, 11) is -0.528. The number of nitrogens with zero attached hydrogens (tertiary/aromatic N) is 2. The predicted molar refractivity (Wildman–Crippen MR) is 113 cm³/mol. The number of hydrogen-bond acceptors (Lipinski definition) is 4. The fourth-order valence-electron chi connectivity index (χ4n) is 3.22. The van der Waals surface area contributed by atoms with Gasteiger partial charge in [0.05, 0.1) is 4.90 Å². The van der Waals surface area contributed by atoms with Crippen LogP contribution in [0.2, 0.25) is 0 Å². The molecule has 2 aromatic carbocycles. The first kappa shape index (κ1) is 20.3. The Kier molecular flexibility index (Phi) is 6.31. The molecule has 1 fully saturated rings. The van der Waals surface area contributed by atoms with Crippen LogP contribution in [0.1, 0.15) is 35.2 Å². The molecule has 148 valence electrons. The first-order valence-electron chi connectivity index (χ1n) is 9.48. The minimum absolute atomic E-state index is 0.158. The number of allylic oxidation sites excluding steroid dienone is 1. The summed E-state index contributed by atoms with van der Waals surface area (Å²) in [6.45, 7) is 2.21. The zero-order valence-corrected chi connectivity index (χ0v) is 17.2.